The van der Waals surface area contributed by atoms with Crippen LogP contribution in [0, 0.1) is 11.3 Å². The number of imidazole rings is 1. The van der Waals surface area contributed by atoms with Crippen LogP contribution in [0.25, 0.3) is 10.8 Å². The summed E-state index contributed by atoms with van der Waals surface area (Å²) in [6.07, 6.45) is 3.36. The fourth-order valence-corrected chi connectivity index (χ4v) is 3.99. The molecule has 4 aromatic rings. The smallest absolute Gasteiger partial charge is 0.246 e. The van der Waals surface area contributed by atoms with Gasteiger partial charge in [-0.05, 0) is 48.2 Å². The van der Waals surface area contributed by atoms with Crippen molar-refractivity contribution in [2.75, 3.05) is 5.32 Å². The van der Waals surface area contributed by atoms with Crippen LogP contribution in [-0.2, 0) is 22.6 Å². The molecule has 8 heteroatoms. The number of ether oxygens (including phenoxy) is 1. The Bertz CT molecular complexity index is 1470. The van der Waals surface area contributed by atoms with Crippen molar-refractivity contribution in [3.63, 3.8) is 0 Å². The molecule has 4 bridgehead atoms. The average Bonchev–Trinajstić information content (AvgIpc) is 3.25. The molecule has 5 rings (SSSR count). The number of carbonyl (C=O) groups is 2. The van der Waals surface area contributed by atoms with Gasteiger partial charge in [-0.1, -0.05) is 24.3 Å². The highest BCUT2D eigenvalue weighted by Crippen LogP contribution is 2.32. The van der Waals surface area contributed by atoms with Gasteiger partial charge in [-0.15, -0.1) is 0 Å². The Balaban J connectivity index is 1.62. The van der Waals surface area contributed by atoms with Crippen molar-refractivity contribution in [1.82, 2.24) is 14.9 Å². The van der Waals surface area contributed by atoms with Gasteiger partial charge in [0.05, 0.1) is 18.3 Å². The fourth-order valence-electron chi connectivity index (χ4n) is 3.99. The Morgan fingerprint density at radius 1 is 1.15 bits per heavy atom. The van der Waals surface area contributed by atoms with Crippen molar-refractivity contribution in [3.8, 4) is 17.6 Å². The minimum absolute atomic E-state index is 0.0770. The molecule has 1 aromatic heterocycles. The molecule has 0 radical (unpaired) electrons. The van der Waals surface area contributed by atoms with Gasteiger partial charge in [0, 0.05) is 29.5 Å². The van der Waals surface area contributed by atoms with Crippen molar-refractivity contribution < 1.29 is 14.3 Å². The molecule has 2 N–H and O–H groups in total. The zero-order chi connectivity index (χ0) is 23.7. The lowest BCUT2D eigenvalue weighted by molar-refractivity contribution is -0.125. The monoisotopic (exact) mass is 451 g/mol. The van der Waals surface area contributed by atoms with Gasteiger partial charge in [0.25, 0.3) is 0 Å². The summed E-state index contributed by atoms with van der Waals surface area (Å²) in [6, 6.07) is 18.0. The third kappa shape index (κ3) is 4.19. The third-order valence-electron chi connectivity index (χ3n) is 5.77. The normalized spacial score (nSPS) is 16.1. The van der Waals surface area contributed by atoms with E-state index < -0.39 is 6.04 Å². The summed E-state index contributed by atoms with van der Waals surface area (Å²) in [7, 11) is 0. The Morgan fingerprint density at radius 3 is 2.88 bits per heavy atom. The van der Waals surface area contributed by atoms with E-state index in [1.54, 1.807) is 31.6 Å². The van der Waals surface area contributed by atoms with Crippen molar-refractivity contribution in [2.45, 2.75) is 25.9 Å². The molecule has 34 heavy (non-hydrogen) atoms. The summed E-state index contributed by atoms with van der Waals surface area (Å²) in [5.74, 6) is 0.358. The minimum Gasteiger partial charge on any atom is -0.456 e. The Hall–Kier alpha value is -4.64. The molecule has 0 unspecified atom stereocenters. The molecule has 168 valence electrons. The summed E-state index contributed by atoms with van der Waals surface area (Å²) in [6.45, 7) is 2.09. The van der Waals surface area contributed by atoms with E-state index in [2.05, 4.69) is 21.7 Å². The molecule has 2 heterocycles. The van der Waals surface area contributed by atoms with E-state index >= 15 is 0 Å². The number of aromatic nitrogens is 2. The molecule has 1 aliphatic heterocycles. The number of nitriles is 1. The summed E-state index contributed by atoms with van der Waals surface area (Å²) in [5, 5.41) is 17.0. The van der Waals surface area contributed by atoms with Gasteiger partial charge in [-0.3, -0.25) is 9.59 Å². The largest absolute Gasteiger partial charge is 0.456 e. The van der Waals surface area contributed by atoms with Crippen molar-refractivity contribution in [3.05, 3.63) is 83.9 Å². The first kappa shape index (κ1) is 21.2. The lowest BCUT2D eigenvalue weighted by Gasteiger charge is -2.16. The first-order valence-corrected chi connectivity index (χ1v) is 10.8. The van der Waals surface area contributed by atoms with Crippen molar-refractivity contribution in [1.29, 1.82) is 5.26 Å². The first-order chi connectivity index (χ1) is 16.5. The van der Waals surface area contributed by atoms with Crippen LogP contribution in [-0.4, -0.2) is 27.4 Å². The quantitative estimate of drug-likeness (QED) is 0.423. The van der Waals surface area contributed by atoms with Crippen LogP contribution in [0.15, 0.2) is 67.1 Å². The van der Waals surface area contributed by atoms with Gasteiger partial charge in [-0.25, -0.2) is 4.98 Å². The summed E-state index contributed by atoms with van der Waals surface area (Å²) in [5.41, 5.74) is 2.61. The zero-order valence-corrected chi connectivity index (χ0v) is 18.4. The molecule has 0 saturated carbocycles. The molecule has 1 aliphatic rings. The van der Waals surface area contributed by atoms with E-state index in [1.165, 1.54) is 0 Å². The summed E-state index contributed by atoms with van der Waals surface area (Å²) < 4.78 is 7.99. The first-order valence-electron chi connectivity index (χ1n) is 10.8. The lowest BCUT2D eigenvalue weighted by Crippen LogP contribution is -2.42. The molecule has 0 spiro atoms. The van der Waals surface area contributed by atoms with E-state index in [4.69, 9.17) is 4.74 Å². The highest BCUT2D eigenvalue weighted by Gasteiger charge is 2.19. The van der Waals surface area contributed by atoms with E-state index in [0.717, 1.165) is 16.3 Å². The Labute approximate surface area is 195 Å². The highest BCUT2D eigenvalue weighted by molar-refractivity contribution is 6.05. The van der Waals surface area contributed by atoms with Crippen molar-refractivity contribution in [2.24, 2.45) is 0 Å². The van der Waals surface area contributed by atoms with Crippen LogP contribution in [0.1, 0.15) is 23.7 Å². The van der Waals surface area contributed by atoms with Gasteiger partial charge in [-0.2, -0.15) is 5.26 Å². The number of benzene rings is 3. The summed E-state index contributed by atoms with van der Waals surface area (Å²) in [4.78, 5) is 29.7. The fraction of sp³-hybridized carbons (Fsp3) is 0.154. The maximum Gasteiger partial charge on any atom is 0.246 e. The molecule has 1 atom stereocenters. The topological polar surface area (TPSA) is 109 Å². The van der Waals surface area contributed by atoms with Crippen LogP contribution >= 0.6 is 0 Å². The van der Waals surface area contributed by atoms with Crippen LogP contribution in [0.5, 0.6) is 11.5 Å². The zero-order valence-electron chi connectivity index (χ0n) is 18.4. The number of hydrogen-bond donors (Lipinski definition) is 2. The Morgan fingerprint density at radius 2 is 2.03 bits per heavy atom. The molecule has 8 nitrogen and oxygen atoms in total. The molecule has 0 saturated heterocycles. The third-order valence-corrected chi connectivity index (χ3v) is 5.77. The molecular formula is C26H21N5O3. The number of anilines is 1. The second-order valence-corrected chi connectivity index (χ2v) is 8.20. The van der Waals surface area contributed by atoms with Crippen LogP contribution in [0.2, 0.25) is 0 Å². The predicted octanol–water partition coefficient (Wildman–Crippen LogP) is 3.75. The predicted molar refractivity (Wildman–Crippen MR) is 126 cm³/mol. The Kier molecular flexibility index (Phi) is 5.44. The SMILES string of the molecule is C[C@@H]1NC(=O)Cc2cncn2Cc2ccc(C#N)c(c2)Oc2ccc3cccc(c3c2)NC1=O. The maximum absolute atomic E-state index is 12.8. The van der Waals surface area contributed by atoms with Gasteiger partial charge in [0.2, 0.25) is 11.8 Å². The molecular weight excluding hydrogens is 430 g/mol. The van der Waals surface area contributed by atoms with Crippen molar-refractivity contribution >= 4 is 28.3 Å². The second kappa shape index (κ2) is 8.71. The van der Waals surface area contributed by atoms with Crippen LogP contribution in [0.3, 0.4) is 0 Å². The molecule has 0 fully saturated rings. The molecule has 3 aromatic carbocycles. The molecule has 2 amide bonds. The van der Waals surface area contributed by atoms with Crippen LogP contribution in [0.4, 0.5) is 5.69 Å². The molecule has 0 aliphatic carbocycles. The number of fused-ring (bicyclic) bond motifs is 4. The van der Waals surface area contributed by atoms with Crippen LogP contribution < -0.4 is 15.4 Å². The number of rotatable bonds is 0. The minimum atomic E-state index is -0.734. The van der Waals surface area contributed by atoms with Gasteiger partial charge in [0.15, 0.2) is 0 Å². The van der Waals surface area contributed by atoms with E-state index in [0.29, 0.717) is 35.0 Å². The number of amides is 2. The number of carbonyl (C=O) groups excluding carboxylic acids is 2. The van der Waals surface area contributed by atoms with Gasteiger partial charge in [0.1, 0.15) is 23.6 Å². The lowest BCUT2D eigenvalue weighted by atomic mass is 10.1. The van der Waals surface area contributed by atoms with E-state index in [-0.39, 0.29) is 18.2 Å². The number of nitrogens with zero attached hydrogens (tertiary/aromatic N) is 3. The number of hydrogen-bond acceptors (Lipinski definition) is 5. The second-order valence-electron chi connectivity index (χ2n) is 8.20. The van der Waals surface area contributed by atoms with E-state index in [9.17, 15) is 14.9 Å². The van der Waals surface area contributed by atoms with Gasteiger partial charge >= 0.3 is 0 Å². The highest BCUT2D eigenvalue weighted by atomic mass is 16.5. The number of nitrogens with one attached hydrogen (secondary N) is 2. The van der Waals surface area contributed by atoms with E-state index in [1.807, 2.05) is 47.0 Å². The summed E-state index contributed by atoms with van der Waals surface area (Å²) >= 11 is 0. The standard InChI is InChI=1S/C26H21N5O3/c1-16-26(33)30-23-4-2-3-18-7-8-21(11-22(18)23)34-24-9-17(5-6-19(24)12-27)14-31-15-28-13-20(31)10-25(32)29-16/h2-9,11,13,15-16H,10,14H2,1H3,(H,29,32)(H,30,33)/t16-/m0/s1. The average molecular weight is 451 g/mol. The maximum atomic E-state index is 12.8. The van der Waals surface area contributed by atoms with Gasteiger partial charge < -0.3 is 19.9 Å².